The van der Waals surface area contributed by atoms with Crippen molar-refractivity contribution >= 4 is 28.8 Å². The first-order valence-corrected chi connectivity index (χ1v) is 13.3. The third-order valence-electron chi connectivity index (χ3n) is 7.00. The van der Waals surface area contributed by atoms with Gasteiger partial charge in [0.05, 0.1) is 4.88 Å². The molecule has 1 aromatic heterocycles. The number of carbonyl (C=O) groups excluding carboxylic acids is 1. The van der Waals surface area contributed by atoms with Crippen LogP contribution in [0.4, 0.5) is 0 Å². The van der Waals surface area contributed by atoms with Gasteiger partial charge >= 0.3 is 0 Å². The molecule has 0 aliphatic heterocycles. The van der Waals surface area contributed by atoms with Gasteiger partial charge in [-0.25, -0.2) is 0 Å². The number of thiophene rings is 1. The van der Waals surface area contributed by atoms with E-state index in [4.69, 9.17) is 0 Å². The highest BCUT2D eigenvalue weighted by Gasteiger charge is 2.27. The van der Waals surface area contributed by atoms with Gasteiger partial charge in [0, 0.05) is 10.8 Å². The van der Waals surface area contributed by atoms with Gasteiger partial charge in [-0.15, -0.1) is 11.3 Å². The third kappa shape index (κ3) is 6.22. The maximum absolute atomic E-state index is 12.6. The first kappa shape index (κ1) is 26.6. The standard InChI is InChI=1S/C27H34OS.C2H6.CH4/c1-4-22(17-25-19(3)15-26(29-25)27(28)23-10-7-11-23)24-13-12-21(14-18(24)2)16-20-8-5-6-9-20;1-2;/h12-15,17,20,23H,4-11,16H2,1-3H3;1-2H3;1H4/b22-17+;;. The molecule has 0 bridgehead atoms. The molecule has 0 radical (unpaired) electrons. The molecule has 2 fully saturated rings. The Morgan fingerprint density at radius 3 is 2.25 bits per heavy atom. The zero-order valence-electron chi connectivity index (χ0n) is 20.2. The van der Waals surface area contributed by atoms with E-state index in [0.717, 1.165) is 30.1 Å². The second-order valence-corrected chi connectivity index (χ2v) is 10.3. The minimum absolute atomic E-state index is 0. The van der Waals surface area contributed by atoms with Crippen molar-refractivity contribution in [3.8, 4) is 0 Å². The van der Waals surface area contributed by atoms with Crippen LogP contribution in [0.5, 0.6) is 0 Å². The molecule has 2 aromatic rings. The van der Waals surface area contributed by atoms with Crippen molar-refractivity contribution in [2.24, 2.45) is 11.8 Å². The maximum Gasteiger partial charge on any atom is 0.175 e. The molecule has 0 unspecified atom stereocenters. The van der Waals surface area contributed by atoms with Crippen molar-refractivity contribution in [1.82, 2.24) is 0 Å². The summed E-state index contributed by atoms with van der Waals surface area (Å²) in [6, 6.07) is 9.20. The van der Waals surface area contributed by atoms with Crippen LogP contribution in [0, 0.1) is 25.7 Å². The van der Waals surface area contributed by atoms with E-state index in [9.17, 15) is 4.79 Å². The summed E-state index contributed by atoms with van der Waals surface area (Å²) in [6.07, 6.45) is 13.6. The van der Waals surface area contributed by atoms with Gasteiger partial charge in [0.2, 0.25) is 0 Å². The van der Waals surface area contributed by atoms with Gasteiger partial charge in [-0.3, -0.25) is 4.79 Å². The molecule has 2 heteroatoms. The molecule has 176 valence electrons. The minimum Gasteiger partial charge on any atom is -0.293 e. The van der Waals surface area contributed by atoms with Crippen molar-refractivity contribution in [3.05, 3.63) is 56.3 Å². The lowest BCUT2D eigenvalue weighted by Gasteiger charge is -2.22. The number of rotatable bonds is 7. The lowest BCUT2D eigenvalue weighted by atomic mass is 9.82. The number of benzene rings is 1. The van der Waals surface area contributed by atoms with Gasteiger partial charge < -0.3 is 0 Å². The number of carbonyl (C=O) groups is 1. The summed E-state index contributed by atoms with van der Waals surface area (Å²) in [5, 5.41) is 0. The minimum atomic E-state index is 0. The number of Topliss-reactive ketones (excluding diaryl/α,β-unsaturated/α-hetero) is 1. The lowest BCUT2D eigenvalue weighted by Crippen LogP contribution is -2.20. The number of ketones is 1. The summed E-state index contributed by atoms with van der Waals surface area (Å²) in [4.78, 5) is 14.8. The Balaban J connectivity index is 0.00000118. The summed E-state index contributed by atoms with van der Waals surface area (Å²) in [5.74, 6) is 1.54. The van der Waals surface area contributed by atoms with Crippen LogP contribution in [0.2, 0.25) is 0 Å². The van der Waals surface area contributed by atoms with Gasteiger partial charge in [0.25, 0.3) is 0 Å². The van der Waals surface area contributed by atoms with E-state index in [2.05, 4.69) is 51.1 Å². The van der Waals surface area contributed by atoms with E-state index >= 15 is 0 Å². The topological polar surface area (TPSA) is 17.1 Å². The fourth-order valence-corrected chi connectivity index (χ4v) is 6.08. The van der Waals surface area contributed by atoms with E-state index in [1.807, 2.05) is 13.8 Å². The van der Waals surface area contributed by atoms with Gasteiger partial charge in [0.1, 0.15) is 0 Å². The maximum atomic E-state index is 12.6. The third-order valence-corrected chi connectivity index (χ3v) is 8.20. The highest BCUT2D eigenvalue weighted by Crippen LogP contribution is 2.35. The summed E-state index contributed by atoms with van der Waals surface area (Å²) >= 11 is 1.69. The predicted molar refractivity (Wildman–Crippen MR) is 144 cm³/mol. The van der Waals surface area contributed by atoms with Crippen molar-refractivity contribution < 1.29 is 4.79 Å². The van der Waals surface area contributed by atoms with E-state index in [1.165, 1.54) is 71.2 Å². The Kier molecular flexibility index (Phi) is 10.4. The van der Waals surface area contributed by atoms with E-state index < -0.39 is 0 Å². The zero-order chi connectivity index (χ0) is 22.4. The highest BCUT2D eigenvalue weighted by molar-refractivity contribution is 7.15. The predicted octanol–water partition coefficient (Wildman–Crippen LogP) is 9.69. The second kappa shape index (κ2) is 12.5. The molecule has 2 aliphatic carbocycles. The van der Waals surface area contributed by atoms with Gasteiger partial charge in [-0.1, -0.05) is 78.5 Å². The Bertz CT molecular complexity index is 907. The molecule has 1 nitrogen and oxygen atoms in total. The molecule has 1 aromatic carbocycles. The largest absolute Gasteiger partial charge is 0.293 e. The molecule has 2 aliphatic rings. The fraction of sp³-hybridized carbons (Fsp3) is 0.567. The summed E-state index contributed by atoms with van der Waals surface area (Å²) in [7, 11) is 0. The molecule has 0 saturated heterocycles. The van der Waals surface area contributed by atoms with Crippen molar-refractivity contribution in [2.75, 3.05) is 0 Å². The van der Waals surface area contributed by atoms with Gasteiger partial charge in [-0.2, -0.15) is 0 Å². The fourth-order valence-electron chi connectivity index (χ4n) is 4.92. The van der Waals surface area contributed by atoms with Crippen LogP contribution in [0.1, 0.15) is 116 Å². The SMILES string of the molecule is C.CC.CC/C(=C\c1sc(C(=O)C2CCC2)cc1C)c1ccc(CC2CCCC2)cc1C. The quantitative estimate of drug-likeness (QED) is 0.382. The van der Waals surface area contributed by atoms with Crippen LogP contribution in [0.3, 0.4) is 0 Å². The summed E-state index contributed by atoms with van der Waals surface area (Å²) < 4.78 is 0. The van der Waals surface area contributed by atoms with Crippen LogP contribution in [-0.4, -0.2) is 5.78 Å². The molecule has 2 saturated carbocycles. The van der Waals surface area contributed by atoms with E-state index in [-0.39, 0.29) is 13.3 Å². The molecule has 0 N–H and O–H groups in total. The molecular formula is C30H44OS. The molecule has 0 amide bonds. The van der Waals surface area contributed by atoms with Crippen molar-refractivity contribution in [2.45, 2.75) is 99.8 Å². The molecule has 0 atom stereocenters. The monoisotopic (exact) mass is 452 g/mol. The number of hydrogen-bond donors (Lipinski definition) is 0. The Labute approximate surface area is 201 Å². The van der Waals surface area contributed by atoms with Crippen LogP contribution >= 0.6 is 11.3 Å². The summed E-state index contributed by atoms with van der Waals surface area (Å²) in [5.41, 5.74) is 6.85. The Morgan fingerprint density at radius 2 is 1.69 bits per heavy atom. The molecular weight excluding hydrogens is 408 g/mol. The van der Waals surface area contributed by atoms with Gasteiger partial charge in [-0.05, 0) is 85.4 Å². The van der Waals surface area contributed by atoms with E-state index in [1.54, 1.807) is 11.3 Å². The van der Waals surface area contributed by atoms with Crippen LogP contribution in [0.25, 0.3) is 11.6 Å². The van der Waals surface area contributed by atoms with E-state index in [0.29, 0.717) is 5.78 Å². The van der Waals surface area contributed by atoms with Crippen molar-refractivity contribution in [3.63, 3.8) is 0 Å². The first-order chi connectivity index (χ1) is 15.0. The van der Waals surface area contributed by atoms with Crippen LogP contribution in [0.15, 0.2) is 24.3 Å². The Morgan fingerprint density at radius 1 is 1.00 bits per heavy atom. The molecule has 32 heavy (non-hydrogen) atoms. The van der Waals surface area contributed by atoms with Crippen LogP contribution < -0.4 is 0 Å². The average molecular weight is 453 g/mol. The van der Waals surface area contributed by atoms with Gasteiger partial charge in [0.15, 0.2) is 5.78 Å². The second-order valence-electron chi connectivity index (χ2n) is 9.18. The van der Waals surface area contributed by atoms with Crippen LogP contribution in [-0.2, 0) is 6.42 Å². The smallest absolute Gasteiger partial charge is 0.175 e. The first-order valence-electron chi connectivity index (χ1n) is 12.5. The number of aryl methyl sites for hydroxylation is 2. The normalized spacial score (nSPS) is 16.7. The average Bonchev–Trinajstić information content (AvgIpc) is 3.36. The van der Waals surface area contributed by atoms with Crippen molar-refractivity contribution in [1.29, 1.82) is 0 Å². The highest BCUT2D eigenvalue weighted by atomic mass is 32.1. The molecule has 0 spiro atoms. The summed E-state index contributed by atoms with van der Waals surface area (Å²) in [6.45, 7) is 10.6. The lowest BCUT2D eigenvalue weighted by molar-refractivity contribution is 0.0859. The molecule has 1 heterocycles. The zero-order valence-corrected chi connectivity index (χ0v) is 21.0. The number of hydrogen-bond acceptors (Lipinski definition) is 2. The number of allylic oxidation sites excluding steroid dienone is 1. The molecule has 4 rings (SSSR count). The Hall–Kier alpha value is -1.67.